The molecule has 1 nitrogen and oxygen atoms in total. The minimum Gasteiger partial charge on any atom is -0.299 e. The zero-order valence-corrected chi connectivity index (χ0v) is 20.5. The molecule has 4 aliphatic carbocycles. The first-order chi connectivity index (χ1) is 14.2. The molecule has 3 fully saturated rings. The topological polar surface area (TPSA) is 17.1 Å². The van der Waals surface area contributed by atoms with E-state index in [1.165, 1.54) is 44.1 Å². The highest BCUT2D eigenvalue weighted by Gasteiger charge is 2.58. The van der Waals surface area contributed by atoms with E-state index >= 15 is 0 Å². The fourth-order valence-corrected chi connectivity index (χ4v) is 8.66. The van der Waals surface area contributed by atoms with Crippen molar-refractivity contribution in [2.24, 2.45) is 52.3 Å². The molecule has 1 heteroatoms. The van der Waals surface area contributed by atoms with Crippen molar-refractivity contribution in [2.75, 3.05) is 0 Å². The van der Waals surface area contributed by atoms with E-state index < -0.39 is 0 Å². The SMILES string of the molecule is CC[C@H](/C=C/[C@@H](C)[C@H]1CC[C@H]2[C@@H]3CC=C4CC(=O)CC[C@]4(C)[C@@H]3CC[C@]12C)C(C)C. The van der Waals surface area contributed by atoms with E-state index in [0.29, 0.717) is 22.5 Å². The van der Waals surface area contributed by atoms with Crippen LogP contribution < -0.4 is 0 Å². The number of carbonyl (C=O) groups is 1. The van der Waals surface area contributed by atoms with Gasteiger partial charge in [-0.1, -0.05) is 65.3 Å². The number of fused-ring (bicyclic) bond motifs is 5. The summed E-state index contributed by atoms with van der Waals surface area (Å²) in [4.78, 5) is 12.1. The lowest BCUT2D eigenvalue weighted by Crippen LogP contribution is -2.50. The molecular weight excluding hydrogens is 364 g/mol. The molecule has 4 rings (SSSR count). The standard InChI is InChI=1S/C29H46O/c1-7-21(19(2)3)9-8-20(4)25-12-13-26-24-11-10-22-18-23(30)14-16-28(22,5)27(24)15-17-29(25,26)6/h8-10,19-21,24-27H,7,11-18H2,1-6H3/b9-8+/t20-,21-,24+,25-,26+,27-,28+,29-/m1/s1. The summed E-state index contributed by atoms with van der Waals surface area (Å²) in [5, 5.41) is 0. The van der Waals surface area contributed by atoms with E-state index in [9.17, 15) is 4.79 Å². The van der Waals surface area contributed by atoms with Crippen LogP contribution in [0.3, 0.4) is 0 Å². The van der Waals surface area contributed by atoms with Gasteiger partial charge in [-0.2, -0.15) is 0 Å². The van der Waals surface area contributed by atoms with E-state index in [4.69, 9.17) is 0 Å². The predicted molar refractivity (Wildman–Crippen MR) is 127 cm³/mol. The second-order valence-corrected chi connectivity index (χ2v) is 12.3. The molecule has 4 aliphatic rings. The van der Waals surface area contributed by atoms with Gasteiger partial charge < -0.3 is 0 Å². The number of ketones is 1. The molecule has 0 aromatic heterocycles. The highest BCUT2D eigenvalue weighted by Crippen LogP contribution is 2.67. The van der Waals surface area contributed by atoms with Crippen LogP contribution in [0.2, 0.25) is 0 Å². The second kappa shape index (κ2) is 8.25. The van der Waals surface area contributed by atoms with E-state index in [1.54, 1.807) is 0 Å². The maximum Gasteiger partial charge on any atom is 0.136 e. The molecule has 0 N–H and O–H groups in total. The third kappa shape index (κ3) is 3.57. The number of hydrogen-bond acceptors (Lipinski definition) is 1. The Bertz CT molecular complexity index is 714. The molecule has 0 aliphatic heterocycles. The lowest BCUT2D eigenvalue weighted by molar-refractivity contribution is -0.122. The van der Waals surface area contributed by atoms with Crippen LogP contribution in [-0.4, -0.2) is 5.78 Å². The van der Waals surface area contributed by atoms with Gasteiger partial charge in [-0.15, -0.1) is 0 Å². The number of carbonyl (C=O) groups excluding carboxylic acids is 1. The van der Waals surface area contributed by atoms with Crippen molar-refractivity contribution in [1.29, 1.82) is 0 Å². The molecular formula is C29H46O. The van der Waals surface area contributed by atoms with Gasteiger partial charge in [-0.25, -0.2) is 0 Å². The van der Waals surface area contributed by atoms with E-state index in [0.717, 1.165) is 54.8 Å². The molecule has 0 unspecified atom stereocenters. The van der Waals surface area contributed by atoms with Gasteiger partial charge in [-0.05, 0) is 97.2 Å². The molecule has 0 aromatic carbocycles. The van der Waals surface area contributed by atoms with Crippen LogP contribution in [0.5, 0.6) is 0 Å². The van der Waals surface area contributed by atoms with Gasteiger partial charge >= 0.3 is 0 Å². The Morgan fingerprint density at radius 1 is 1.07 bits per heavy atom. The minimum absolute atomic E-state index is 0.313. The first-order valence-electron chi connectivity index (χ1n) is 13.1. The Morgan fingerprint density at radius 2 is 1.83 bits per heavy atom. The van der Waals surface area contributed by atoms with Gasteiger partial charge in [0.25, 0.3) is 0 Å². The smallest absolute Gasteiger partial charge is 0.136 e. The van der Waals surface area contributed by atoms with Crippen LogP contribution in [0, 0.1) is 52.3 Å². The van der Waals surface area contributed by atoms with Crippen molar-refractivity contribution in [1.82, 2.24) is 0 Å². The average Bonchev–Trinajstić information content (AvgIpc) is 3.06. The van der Waals surface area contributed by atoms with E-state index in [1.807, 2.05) is 0 Å². The summed E-state index contributed by atoms with van der Waals surface area (Å²) in [6.07, 6.45) is 18.5. The highest BCUT2D eigenvalue weighted by atomic mass is 16.1. The summed E-state index contributed by atoms with van der Waals surface area (Å²) in [6.45, 7) is 14.7. The fourth-order valence-electron chi connectivity index (χ4n) is 8.66. The molecule has 3 saturated carbocycles. The van der Waals surface area contributed by atoms with Gasteiger partial charge in [0.1, 0.15) is 5.78 Å². The van der Waals surface area contributed by atoms with Crippen molar-refractivity contribution < 1.29 is 4.79 Å². The monoisotopic (exact) mass is 410 g/mol. The van der Waals surface area contributed by atoms with E-state index in [-0.39, 0.29) is 0 Å². The highest BCUT2D eigenvalue weighted by molar-refractivity contribution is 5.82. The Hall–Kier alpha value is -0.850. The predicted octanol–water partition coefficient (Wildman–Crippen LogP) is 8.01. The molecule has 0 amide bonds. The molecule has 168 valence electrons. The van der Waals surface area contributed by atoms with Crippen molar-refractivity contribution in [2.45, 2.75) is 99.3 Å². The second-order valence-electron chi connectivity index (χ2n) is 12.3. The van der Waals surface area contributed by atoms with Crippen molar-refractivity contribution in [3.8, 4) is 0 Å². The van der Waals surface area contributed by atoms with E-state index in [2.05, 4.69) is 59.8 Å². The summed E-state index contributed by atoms with van der Waals surface area (Å²) < 4.78 is 0. The first-order valence-corrected chi connectivity index (χ1v) is 13.1. The quantitative estimate of drug-likeness (QED) is 0.419. The van der Waals surface area contributed by atoms with Crippen molar-refractivity contribution in [3.63, 3.8) is 0 Å². The summed E-state index contributed by atoms with van der Waals surface area (Å²) in [5.41, 5.74) is 2.33. The summed E-state index contributed by atoms with van der Waals surface area (Å²) >= 11 is 0. The van der Waals surface area contributed by atoms with Gasteiger partial charge in [0.05, 0.1) is 0 Å². The van der Waals surface area contributed by atoms with Crippen LogP contribution in [0.4, 0.5) is 0 Å². The minimum atomic E-state index is 0.313. The van der Waals surface area contributed by atoms with Crippen LogP contribution in [0.1, 0.15) is 99.3 Å². The number of allylic oxidation sites excluding steroid dienone is 4. The number of Topliss-reactive ketones (excluding diaryl/α,β-unsaturated/α-hetero) is 1. The molecule has 0 spiro atoms. The van der Waals surface area contributed by atoms with Gasteiger partial charge in [-0.3, -0.25) is 4.79 Å². The molecule has 0 bridgehead atoms. The van der Waals surface area contributed by atoms with Crippen LogP contribution in [0.25, 0.3) is 0 Å². The van der Waals surface area contributed by atoms with Gasteiger partial charge in [0, 0.05) is 12.8 Å². The largest absolute Gasteiger partial charge is 0.299 e. The number of rotatable bonds is 5. The summed E-state index contributed by atoms with van der Waals surface area (Å²) in [5.74, 6) is 6.04. The summed E-state index contributed by atoms with van der Waals surface area (Å²) in [7, 11) is 0. The normalized spacial score (nSPS) is 43.2. The summed E-state index contributed by atoms with van der Waals surface area (Å²) in [6, 6.07) is 0. The average molecular weight is 411 g/mol. The molecule has 8 atom stereocenters. The van der Waals surface area contributed by atoms with Gasteiger partial charge in [0.15, 0.2) is 0 Å². The van der Waals surface area contributed by atoms with Crippen LogP contribution >= 0.6 is 0 Å². The molecule has 0 aromatic rings. The Morgan fingerprint density at radius 3 is 2.53 bits per heavy atom. The van der Waals surface area contributed by atoms with Crippen LogP contribution in [-0.2, 0) is 4.79 Å². The first kappa shape index (κ1) is 22.3. The van der Waals surface area contributed by atoms with Crippen molar-refractivity contribution >= 4 is 5.78 Å². The zero-order chi connectivity index (χ0) is 21.7. The fraction of sp³-hybridized carbons (Fsp3) is 0.828. The molecule has 0 heterocycles. The Balaban J connectivity index is 1.53. The maximum atomic E-state index is 12.1. The third-order valence-electron chi connectivity index (χ3n) is 10.6. The van der Waals surface area contributed by atoms with Gasteiger partial charge in [0.2, 0.25) is 0 Å². The lowest BCUT2D eigenvalue weighted by Gasteiger charge is -2.57. The maximum absolute atomic E-state index is 12.1. The van der Waals surface area contributed by atoms with Crippen LogP contribution in [0.15, 0.2) is 23.8 Å². The zero-order valence-electron chi connectivity index (χ0n) is 20.5. The molecule has 0 radical (unpaired) electrons. The Labute approximate surface area is 186 Å². The third-order valence-corrected chi connectivity index (χ3v) is 10.6. The van der Waals surface area contributed by atoms with Crippen molar-refractivity contribution in [3.05, 3.63) is 23.8 Å². The lowest BCUT2D eigenvalue weighted by atomic mass is 9.47. The number of hydrogen-bond donors (Lipinski definition) is 0. The Kier molecular flexibility index (Phi) is 6.15. The molecule has 30 heavy (non-hydrogen) atoms. The molecule has 0 saturated heterocycles.